The first-order valence-electron chi connectivity index (χ1n) is 4.08. The SMILES string of the molecule is O=C(C=C(O)c1ccc(I)cc1)C(F)(F)F. The van der Waals surface area contributed by atoms with Crippen molar-refractivity contribution < 1.29 is 23.1 Å². The summed E-state index contributed by atoms with van der Waals surface area (Å²) in [5, 5.41) is 9.28. The fourth-order valence-electron chi connectivity index (χ4n) is 0.910. The molecule has 0 heterocycles. The van der Waals surface area contributed by atoms with E-state index < -0.39 is 17.7 Å². The molecule has 0 aliphatic carbocycles. The van der Waals surface area contributed by atoms with Gasteiger partial charge in [0.2, 0.25) is 0 Å². The van der Waals surface area contributed by atoms with Crippen LogP contribution in [-0.4, -0.2) is 17.1 Å². The summed E-state index contributed by atoms with van der Waals surface area (Å²) in [5.41, 5.74) is 0.165. The van der Waals surface area contributed by atoms with E-state index in [9.17, 15) is 23.1 Å². The van der Waals surface area contributed by atoms with E-state index in [4.69, 9.17) is 0 Å². The predicted octanol–water partition coefficient (Wildman–Crippen LogP) is 3.32. The Morgan fingerprint density at radius 2 is 1.75 bits per heavy atom. The second-order valence-corrected chi connectivity index (χ2v) is 4.14. The Morgan fingerprint density at radius 1 is 1.25 bits per heavy atom. The molecule has 1 aromatic carbocycles. The van der Waals surface area contributed by atoms with E-state index in [1.807, 2.05) is 22.6 Å². The number of carbonyl (C=O) groups excluding carboxylic acids is 1. The molecule has 0 bridgehead atoms. The van der Waals surface area contributed by atoms with Crippen molar-refractivity contribution >= 4 is 34.1 Å². The molecule has 1 aromatic rings. The lowest BCUT2D eigenvalue weighted by Gasteiger charge is -2.03. The van der Waals surface area contributed by atoms with Gasteiger partial charge < -0.3 is 5.11 Å². The number of allylic oxidation sites excluding steroid dienone is 1. The summed E-state index contributed by atoms with van der Waals surface area (Å²) in [6.45, 7) is 0. The minimum Gasteiger partial charge on any atom is -0.507 e. The van der Waals surface area contributed by atoms with Crippen molar-refractivity contribution in [2.45, 2.75) is 6.18 Å². The highest BCUT2D eigenvalue weighted by molar-refractivity contribution is 14.1. The standard InChI is InChI=1S/C10H6F3IO2/c11-10(12,13)9(16)5-8(15)6-1-3-7(14)4-2-6/h1-5,15H. The van der Waals surface area contributed by atoms with E-state index in [1.54, 1.807) is 12.1 Å². The largest absolute Gasteiger partial charge is 0.507 e. The third-order valence-corrected chi connectivity index (χ3v) is 2.41. The Hall–Kier alpha value is -1.05. The number of rotatable bonds is 2. The number of carbonyl (C=O) groups is 1. The summed E-state index contributed by atoms with van der Waals surface area (Å²) in [4.78, 5) is 10.6. The van der Waals surface area contributed by atoms with E-state index >= 15 is 0 Å². The lowest BCUT2D eigenvalue weighted by atomic mass is 10.1. The molecule has 0 fully saturated rings. The molecule has 0 unspecified atom stereocenters. The fraction of sp³-hybridized carbons (Fsp3) is 0.100. The second-order valence-electron chi connectivity index (χ2n) is 2.90. The number of aliphatic hydroxyl groups is 1. The fourth-order valence-corrected chi connectivity index (χ4v) is 1.27. The molecule has 2 nitrogen and oxygen atoms in total. The van der Waals surface area contributed by atoms with Crippen LogP contribution in [0.5, 0.6) is 0 Å². The topological polar surface area (TPSA) is 37.3 Å². The van der Waals surface area contributed by atoms with Gasteiger partial charge in [-0.2, -0.15) is 13.2 Å². The molecule has 0 saturated carbocycles. The molecule has 0 aromatic heterocycles. The summed E-state index contributed by atoms with van der Waals surface area (Å²) < 4.78 is 36.5. The van der Waals surface area contributed by atoms with Crippen LogP contribution in [0.15, 0.2) is 30.3 Å². The van der Waals surface area contributed by atoms with Gasteiger partial charge in [-0.15, -0.1) is 0 Å². The maximum Gasteiger partial charge on any atom is 0.454 e. The lowest BCUT2D eigenvalue weighted by molar-refractivity contribution is -0.165. The van der Waals surface area contributed by atoms with Crippen molar-refractivity contribution in [1.82, 2.24) is 0 Å². The summed E-state index contributed by atoms with van der Waals surface area (Å²) in [6, 6.07) is 6.07. The Labute approximate surface area is 103 Å². The molecule has 6 heteroatoms. The van der Waals surface area contributed by atoms with Crippen LogP contribution in [0, 0.1) is 3.57 Å². The predicted molar refractivity (Wildman–Crippen MR) is 60.8 cm³/mol. The highest BCUT2D eigenvalue weighted by Gasteiger charge is 2.36. The van der Waals surface area contributed by atoms with Crippen LogP contribution >= 0.6 is 22.6 Å². The van der Waals surface area contributed by atoms with Crippen molar-refractivity contribution in [3.05, 3.63) is 39.5 Å². The zero-order valence-electron chi connectivity index (χ0n) is 7.75. The van der Waals surface area contributed by atoms with Crippen LogP contribution in [0.25, 0.3) is 5.76 Å². The van der Waals surface area contributed by atoms with Gasteiger partial charge in [0.15, 0.2) is 0 Å². The van der Waals surface area contributed by atoms with E-state index in [0.29, 0.717) is 0 Å². The third kappa shape index (κ3) is 3.51. The molecule has 0 atom stereocenters. The first-order valence-corrected chi connectivity index (χ1v) is 5.16. The third-order valence-electron chi connectivity index (χ3n) is 1.69. The maximum absolute atomic E-state index is 11.9. The second kappa shape index (κ2) is 4.86. The van der Waals surface area contributed by atoms with Crippen molar-refractivity contribution in [3.63, 3.8) is 0 Å². The first-order chi connectivity index (χ1) is 7.30. The van der Waals surface area contributed by atoms with Gasteiger partial charge in [0, 0.05) is 15.2 Å². The van der Waals surface area contributed by atoms with Crippen molar-refractivity contribution in [2.75, 3.05) is 0 Å². The average Bonchev–Trinajstić information content (AvgIpc) is 2.17. The Balaban J connectivity index is 2.94. The van der Waals surface area contributed by atoms with Gasteiger partial charge in [0.1, 0.15) is 5.76 Å². The number of benzene rings is 1. The number of ketones is 1. The number of hydrogen-bond acceptors (Lipinski definition) is 2. The molecule has 86 valence electrons. The number of hydrogen-bond donors (Lipinski definition) is 1. The summed E-state index contributed by atoms with van der Waals surface area (Å²) in [5.74, 6) is -2.78. The monoisotopic (exact) mass is 342 g/mol. The molecule has 0 aliphatic rings. The van der Waals surface area contributed by atoms with Crippen LogP contribution in [0.3, 0.4) is 0 Å². The molecule has 0 spiro atoms. The molecule has 1 rings (SSSR count). The summed E-state index contributed by atoms with van der Waals surface area (Å²) in [7, 11) is 0. The minimum atomic E-state index is -4.96. The first kappa shape index (κ1) is 13.0. The van der Waals surface area contributed by atoms with Gasteiger partial charge in [-0.05, 0) is 34.7 Å². The summed E-state index contributed by atoms with van der Waals surface area (Å²) >= 11 is 2.01. The Morgan fingerprint density at radius 3 is 2.19 bits per heavy atom. The van der Waals surface area contributed by atoms with E-state index in [0.717, 1.165) is 3.57 Å². The summed E-state index contributed by atoms with van der Waals surface area (Å²) in [6.07, 6.45) is -4.79. The van der Waals surface area contributed by atoms with Crippen LogP contribution in [0.4, 0.5) is 13.2 Å². The Kier molecular flexibility index (Phi) is 3.95. The van der Waals surface area contributed by atoms with Gasteiger partial charge >= 0.3 is 6.18 Å². The smallest absolute Gasteiger partial charge is 0.454 e. The van der Waals surface area contributed by atoms with Gasteiger partial charge in [0.25, 0.3) is 5.78 Å². The van der Waals surface area contributed by atoms with Crippen LogP contribution in [0.1, 0.15) is 5.56 Å². The highest BCUT2D eigenvalue weighted by atomic mass is 127. The van der Waals surface area contributed by atoms with E-state index in [-0.39, 0.29) is 11.6 Å². The average molecular weight is 342 g/mol. The quantitative estimate of drug-likeness (QED) is 0.509. The highest BCUT2D eigenvalue weighted by Crippen LogP contribution is 2.20. The molecule has 0 aliphatic heterocycles. The lowest BCUT2D eigenvalue weighted by Crippen LogP contribution is -2.20. The van der Waals surface area contributed by atoms with Crippen molar-refractivity contribution in [1.29, 1.82) is 0 Å². The molecule has 0 amide bonds. The Bertz CT molecular complexity index is 421. The maximum atomic E-state index is 11.9. The van der Waals surface area contributed by atoms with Gasteiger partial charge in [-0.3, -0.25) is 4.79 Å². The molecule has 1 N–H and O–H groups in total. The zero-order valence-corrected chi connectivity index (χ0v) is 9.91. The molecule has 0 radical (unpaired) electrons. The molecule has 0 saturated heterocycles. The molecule has 16 heavy (non-hydrogen) atoms. The molecular weight excluding hydrogens is 336 g/mol. The van der Waals surface area contributed by atoms with Gasteiger partial charge in [-0.25, -0.2) is 0 Å². The number of aliphatic hydroxyl groups excluding tert-OH is 1. The van der Waals surface area contributed by atoms with Crippen LogP contribution < -0.4 is 0 Å². The van der Waals surface area contributed by atoms with Gasteiger partial charge in [-0.1, -0.05) is 12.1 Å². The molecular formula is C10H6F3IO2. The number of alkyl halides is 3. The van der Waals surface area contributed by atoms with Crippen LogP contribution in [0.2, 0.25) is 0 Å². The van der Waals surface area contributed by atoms with Crippen molar-refractivity contribution in [3.8, 4) is 0 Å². The van der Waals surface area contributed by atoms with E-state index in [1.165, 1.54) is 12.1 Å². The number of halogens is 4. The minimum absolute atomic E-state index is 0.165. The van der Waals surface area contributed by atoms with Crippen LogP contribution in [-0.2, 0) is 4.79 Å². The normalized spacial score (nSPS) is 12.6. The van der Waals surface area contributed by atoms with Gasteiger partial charge in [0.05, 0.1) is 0 Å². The van der Waals surface area contributed by atoms with E-state index in [2.05, 4.69) is 0 Å². The van der Waals surface area contributed by atoms with Crippen molar-refractivity contribution in [2.24, 2.45) is 0 Å². The zero-order chi connectivity index (χ0) is 12.3.